The molecule has 1 aliphatic heterocycles. The van der Waals surface area contributed by atoms with Gasteiger partial charge in [0.25, 0.3) is 0 Å². The summed E-state index contributed by atoms with van der Waals surface area (Å²) in [6.07, 6.45) is 0. The Hall–Kier alpha value is -1.77. The van der Waals surface area contributed by atoms with E-state index in [2.05, 4.69) is 24.0 Å². The van der Waals surface area contributed by atoms with Gasteiger partial charge >= 0.3 is 0 Å². The lowest BCUT2D eigenvalue weighted by molar-refractivity contribution is -0.116. The number of carbonyl (C=O) groups is 1. The predicted molar refractivity (Wildman–Crippen MR) is 105 cm³/mol. The molecule has 0 unspecified atom stereocenters. The Morgan fingerprint density at radius 3 is 2.85 bits per heavy atom. The van der Waals surface area contributed by atoms with Crippen LogP contribution in [0, 0.1) is 5.92 Å². The van der Waals surface area contributed by atoms with E-state index < -0.39 is 0 Å². The van der Waals surface area contributed by atoms with Crippen molar-refractivity contribution in [1.82, 2.24) is 14.8 Å². The van der Waals surface area contributed by atoms with Gasteiger partial charge in [-0.05, 0) is 18.1 Å². The maximum Gasteiger partial charge on any atom is 0.237 e. The average molecular weight is 398 g/mol. The number of amides is 1. The second-order valence-corrected chi connectivity index (χ2v) is 7.20. The third-order valence-electron chi connectivity index (χ3n) is 3.88. The number of fused-ring (bicyclic) bond motifs is 1. The monoisotopic (exact) mass is 397 g/mol. The fourth-order valence-electron chi connectivity index (χ4n) is 2.76. The molecule has 0 bridgehead atoms. The van der Waals surface area contributed by atoms with Gasteiger partial charge in [0.1, 0.15) is 18.2 Å². The summed E-state index contributed by atoms with van der Waals surface area (Å²) in [7, 11) is 0. The van der Waals surface area contributed by atoms with E-state index in [1.54, 1.807) is 4.90 Å². The number of nitrogens with two attached hydrogens (primary N) is 1. The number of halogens is 1. The molecule has 9 heteroatoms. The van der Waals surface area contributed by atoms with Crippen molar-refractivity contribution in [3.63, 3.8) is 0 Å². The van der Waals surface area contributed by atoms with Crippen molar-refractivity contribution in [3.8, 4) is 5.75 Å². The number of thioether (sulfide) groups is 1. The molecular weight excluding hydrogens is 374 g/mol. The predicted octanol–water partition coefficient (Wildman–Crippen LogP) is 2.33. The van der Waals surface area contributed by atoms with Crippen LogP contribution < -0.4 is 15.4 Å². The molecular formula is C17H24ClN5O2S. The standard InChI is InChI=1S/C17H23N5O2S.ClH/c1-12(2)10-22-15(9-18)19-20-17(22)25-11-16(23)21-7-8-24-14-6-4-3-5-13(14)21;/h3-6,12H,7-11,18H2,1-2H3;1H. The first-order valence-corrected chi connectivity index (χ1v) is 9.36. The first kappa shape index (κ1) is 20.5. The lowest BCUT2D eigenvalue weighted by Crippen LogP contribution is -2.39. The Kier molecular flexibility index (Phi) is 7.31. The van der Waals surface area contributed by atoms with Gasteiger partial charge in [0.05, 0.1) is 24.5 Å². The van der Waals surface area contributed by atoms with E-state index in [1.165, 1.54) is 11.8 Å². The molecule has 0 saturated heterocycles. The number of aromatic nitrogens is 3. The molecule has 1 amide bonds. The highest BCUT2D eigenvalue weighted by molar-refractivity contribution is 7.99. The van der Waals surface area contributed by atoms with Crippen LogP contribution in [0.2, 0.25) is 0 Å². The Balaban J connectivity index is 0.00000243. The zero-order chi connectivity index (χ0) is 17.8. The molecule has 1 aliphatic rings. The first-order valence-electron chi connectivity index (χ1n) is 8.37. The highest BCUT2D eigenvalue weighted by atomic mass is 35.5. The molecule has 0 saturated carbocycles. The summed E-state index contributed by atoms with van der Waals surface area (Å²) < 4.78 is 7.62. The molecule has 0 fully saturated rings. The summed E-state index contributed by atoms with van der Waals surface area (Å²) in [6, 6.07) is 7.61. The van der Waals surface area contributed by atoms with Crippen LogP contribution in [-0.4, -0.2) is 39.6 Å². The molecule has 0 atom stereocenters. The maximum atomic E-state index is 12.7. The lowest BCUT2D eigenvalue weighted by Gasteiger charge is -2.29. The summed E-state index contributed by atoms with van der Waals surface area (Å²) in [4.78, 5) is 14.5. The minimum absolute atomic E-state index is 0. The number of nitrogens with zero attached hydrogens (tertiary/aromatic N) is 4. The number of rotatable bonds is 6. The molecule has 26 heavy (non-hydrogen) atoms. The van der Waals surface area contributed by atoms with E-state index >= 15 is 0 Å². The number of carbonyl (C=O) groups excluding carboxylic acids is 1. The van der Waals surface area contributed by atoms with Gasteiger partial charge in [0.15, 0.2) is 5.16 Å². The minimum atomic E-state index is 0. The molecule has 1 aromatic heterocycles. The molecule has 3 rings (SSSR count). The van der Waals surface area contributed by atoms with Crippen LogP contribution in [0.25, 0.3) is 0 Å². The SMILES string of the molecule is CC(C)Cn1c(CN)nnc1SCC(=O)N1CCOc2ccccc21.Cl. The van der Waals surface area contributed by atoms with Crippen molar-refractivity contribution >= 4 is 35.8 Å². The van der Waals surface area contributed by atoms with Crippen molar-refractivity contribution < 1.29 is 9.53 Å². The van der Waals surface area contributed by atoms with Crippen molar-refractivity contribution in [3.05, 3.63) is 30.1 Å². The Labute approximate surface area is 163 Å². The summed E-state index contributed by atoms with van der Waals surface area (Å²) in [5.41, 5.74) is 6.57. The zero-order valence-corrected chi connectivity index (χ0v) is 16.6. The highest BCUT2D eigenvalue weighted by Gasteiger charge is 2.24. The number of ether oxygens (including phenoxy) is 1. The normalized spacial score (nSPS) is 13.2. The number of benzene rings is 1. The zero-order valence-electron chi connectivity index (χ0n) is 14.9. The number of hydrogen-bond donors (Lipinski definition) is 1. The maximum absolute atomic E-state index is 12.7. The lowest BCUT2D eigenvalue weighted by atomic mass is 10.2. The van der Waals surface area contributed by atoms with Crippen molar-refractivity contribution in [2.45, 2.75) is 32.1 Å². The number of anilines is 1. The molecule has 0 aliphatic carbocycles. The minimum Gasteiger partial charge on any atom is -0.490 e. The van der Waals surface area contributed by atoms with E-state index in [-0.39, 0.29) is 18.3 Å². The fourth-order valence-corrected chi connectivity index (χ4v) is 3.60. The Morgan fingerprint density at radius 1 is 1.35 bits per heavy atom. The van der Waals surface area contributed by atoms with Crippen molar-refractivity contribution in [1.29, 1.82) is 0 Å². The molecule has 2 heterocycles. The van der Waals surface area contributed by atoms with Gasteiger partial charge in [-0.15, -0.1) is 22.6 Å². The average Bonchev–Trinajstić information content (AvgIpc) is 3.00. The van der Waals surface area contributed by atoms with Crippen LogP contribution in [-0.2, 0) is 17.9 Å². The van der Waals surface area contributed by atoms with Crippen LogP contribution in [0.3, 0.4) is 0 Å². The second kappa shape index (κ2) is 9.25. The van der Waals surface area contributed by atoms with E-state index in [0.717, 1.165) is 29.0 Å². The van der Waals surface area contributed by atoms with Crippen LogP contribution in [0.15, 0.2) is 29.4 Å². The van der Waals surface area contributed by atoms with E-state index in [9.17, 15) is 4.79 Å². The summed E-state index contributed by atoms with van der Waals surface area (Å²) in [6.45, 7) is 6.45. The largest absolute Gasteiger partial charge is 0.490 e. The summed E-state index contributed by atoms with van der Waals surface area (Å²) >= 11 is 1.40. The van der Waals surface area contributed by atoms with Crippen LogP contribution in [0.4, 0.5) is 5.69 Å². The van der Waals surface area contributed by atoms with Crippen molar-refractivity contribution in [2.75, 3.05) is 23.8 Å². The van der Waals surface area contributed by atoms with Gasteiger partial charge in [0, 0.05) is 6.54 Å². The molecule has 2 aromatic rings. The van der Waals surface area contributed by atoms with Gasteiger partial charge in [-0.25, -0.2) is 0 Å². The molecule has 0 spiro atoms. The number of hydrogen-bond acceptors (Lipinski definition) is 6. The van der Waals surface area contributed by atoms with E-state index in [4.69, 9.17) is 10.5 Å². The van der Waals surface area contributed by atoms with E-state index in [0.29, 0.717) is 31.4 Å². The third-order valence-corrected chi connectivity index (χ3v) is 4.83. The molecule has 1 aromatic carbocycles. The molecule has 142 valence electrons. The molecule has 2 N–H and O–H groups in total. The van der Waals surface area contributed by atoms with E-state index in [1.807, 2.05) is 28.8 Å². The third kappa shape index (κ3) is 4.49. The summed E-state index contributed by atoms with van der Waals surface area (Å²) in [5, 5.41) is 9.08. The smallest absolute Gasteiger partial charge is 0.237 e. The number of para-hydroxylation sites is 2. The van der Waals surface area contributed by atoms with Crippen molar-refractivity contribution in [2.24, 2.45) is 11.7 Å². The quantitative estimate of drug-likeness (QED) is 0.753. The molecule has 7 nitrogen and oxygen atoms in total. The van der Waals surface area contributed by atoms with Crippen LogP contribution in [0.5, 0.6) is 5.75 Å². The highest BCUT2D eigenvalue weighted by Crippen LogP contribution is 2.31. The van der Waals surface area contributed by atoms with Gasteiger partial charge in [-0.1, -0.05) is 37.7 Å². The van der Waals surface area contributed by atoms with Gasteiger partial charge in [0.2, 0.25) is 5.91 Å². The topological polar surface area (TPSA) is 86.3 Å². The Bertz CT molecular complexity index is 753. The Morgan fingerprint density at radius 2 is 2.12 bits per heavy atom. The first-order chi connectivity index (χ1) is 12.1. The van der Waals surface area contributed by atoms with Crippen LogP contribution in [0.1, 0.15) is 19.7 Å². The van der Waals surface area contributed by atoms with Gasteiger partial charge in [-0.3, -0.25) is 4.79 Å². The summed E-state index contributed by atoms with van der Waals surface area (Å²) in [5.74, 6) is 2.28. The van der Waals surface area contributed by atoms with Gasteiger partial charge < -0.3 is 19.9 Å². The van der Waals surface area contributed by atoms with Crippen LogP contribution >= 0.6 is 24.2 Å². The molecule has 0 radical (unpaired) electrons. The second-order valence-electron chi connectivity index (χ2n) is 6.26. The van der Waals surface area contributed by atoms with Gasteiger partial charge in [-0.2, -0.15) is 0 Å². The fraction of sp³-hybridized carbons (Fsp3) is 0.471.